The second-order valence-electron chi connectivity index (χ2n) is 2.72. The highest BCUT2D eigenvalue weighted by Crippen LogP contribution is 2.28. The van der Waals surface area contributed by atoms with Crippen LogP contribution >= 0.6 is 11.6 Å². The average molecular weight is 212 g/mol. The number of aromatic nitrogens is 2. The molecule has 2 heterocycles. The maximum Gasteiger partial charge on any atom is 0.416 e. The van der Waals surface area contributed by atoms with E-state index in [-0.39, 0.29) is 10.8 Å². The van der Waals surface area contributed by atoms with E-state index in [0.29, 0.717) is 10.9 Å². The predicted molar refractivity (Wildman–Crippen MR) is 52.6 cm³/mol. The predicted octanol–water partition coefficient (Wildman–Crippen LogP) is 1.80. The van der Waals surface area contributed by atoms with Crippen LogP contribution in [0.25, 0.3) is 10.9 Å². The summed E-state index contributed by atoms with van der Waals surface area (Å²) in [6, 6.07) is 1.55. The largest absolute Gasteiger partial charge is 0.464 e. The number of carboxylic acid groups (broad SMARTS) is 1. The van der Waals surface area contributed by atoms with Crippen LogP contribution in [-0.2, 0) is 0 Å². The zero-order valence-corrected chi connectivity index (χ0v) is 7.69. The Labute approximate surface area is 83.7 Å². The van der Waals surface area contributed by atoms with E-state index in [1.54, 1.807) is 6.07 Å². The number of nitrogens with two attached hydrogens (primary N) is 1. The van der Waals surface area contributed by atoms with Gasteiger partial charge >= 0.3 is 6.09 Å². The minimum Gasteiger partial charge on any atom is -0.464 e. The second-order valence-corrected chi connectivity index (χ2v) is 3.13. The normalized spacial score (nSPS) is 10.6. The molecule has 72 valence electrons. The van der Waals surface area contributed by atoms with Crippen LogP contribution in [0.3, 0.4) is 0 Å². The van der Waals surface area contributed by atoms with Crippen molar-refractivity contribution in [2.45, 2.75) is 0 Å². The first-order valence-corrected chi connectivity index (χ1v) is 4.13. The number of rotatable bonds is 0. The summed E-state index contributed by atoms with van der Waals surface area (Å²) in [7, 11) is 0. The Morgan fingerprint density at radius 2 is 2.36 bits per heavy atom. The molecule has 3 N–H and O–H groups in total. The molecule has 14 heavy (non-hydrogen) atoms. The summed E-state index contributed by atoms with van der Waals surface area (Å²) in [5, 5.41) is 9.58. The van der Waals surface area contributed by atoms with Crippen molar-refractivity contribution in [2.24, 2.45) is 0 Å². The number of anilines is 1. The van der Waals surface area contributed by atoms with Crippen LogP contribution < -0.4 is 5.73 Å². The van der Waals surface area contributed by atoms with E-state index < -0.39 is 6.09 Å². The van der Waals surface area contributed by atoms with E-state index in [1.807, 2.05) is 0 Å². The zero-order valence-electron chi connectivity index (χ0n) is 6.94. The molecule has 2 aromatic heterocycles. The maximum absolute atomic E-state index is 10.8. The van der Waals surface area contributed by atoms with E-state index in [0.717, 1.165) is 4.57 Å². The number of carbonyl (C=O) groups is 1. The Morgan fingerprint density at radius 1 is 1.64 bits per heavy atom. The fourth-order valence-corrected chi connectivity index (χ4v) is 1.61. The molecule has 6 heteroatoms. The molecule has 0 saturated heterocycles. The number of hydrogen-bond donors (Lipinski definition) is 2. The fourth-order valence-electron chi connectivity index (χ4n) is 1.32. The van der Waals surface area contributed by atoms with Crippen LogP contribution in [0, 0.1) is 0 Å². The minimum absolute atomic E-state index is 0.229. The Kier molecular flexibility index (Phi) is 1.82. The molecule has 0 spiro atoms. The van der Waals surface area contributed by atoms with Crippen molar-refractivity contribution < 1.29 is 9.90 Å². The minimum atomic E-state index is -1.10. The summed E-state index contributed by atoms with van der Waals surface area (Å²) in [5.41, 5.74) is 6.01. The van der Waals surface area contributed by atoms with Crippen LogP contribution in [0.4, 0.5) is 10.6 Å². The van der Waals surface area contributed by atoms with Gasteiger partial charge in [-0.3, -0.25) is 4.57 Å². The van der Waals surface area contributed by atoms with Crippen molar-refractivity contribution in [1.82, 2.24) is 9.55 Å². The molecule has 0 bridgehead atoms. The van der Waals surface area contributed by atoms with Gasteiger partial charge in [0, 0.05) is 12.4 Å². The van der Waals surface area contributed by atoms with Crippen molar-refractivity contribution in [2.75, 3.05) is 5.73 Å². The van der Waals surface area contributed by atoms with Gasteiger partial charge in [0.25, 0.3) is 0 Å². The van der Waals surface area contributed by atoms with Gasteiger partial charge in [-0.05, 0) is 6.07 Å². The second kappa shape index (κ2) is 2.88. The number of nitrogens with zero attached hydrogens (tertiary/aromatic N) is 2. The Balaban J connectivity index is 2.91. The van der Waals surface area contributed by atoms with Crippen LogP contribution in [-0.4, -0.2) is 20.8 Å². The molecule has 0 radical (unpaired) electrons. The molecule has 2 rings (SSSR count). The molecular weight excluding hydrogens is 206 g/mol. The summed E-state index contributed by atoms with van der Waals surface area (Å²) in [4.78, 5) is 14.6. The summed E-state index contributed by atoms with van der Waals surface area (Å²) < 4.78 is 1.01. The number of nitrogen functional groups attached to an aromatic ring is 1. The van der Waals surface area contributed by atoms with Crippen molar-refractivity contribution in [3.63, 3.8) is 0 Å². The molecule has 2 aromatic rings. The molecule has 0 aliphatic heterocycles. The first-order chi connectivity index (χ1) is 6.61. The van der Waals surface area contributed by atoms with Crippen LogP contribution in [0.5, 0.6) is 0 Å². The number of halogens is 1. The van der Waals surface area contributed by atoms with Crippen molar-refractivity contribution >= 4 is 34.4 Å². The standard InChI is InChI=1S/C8H6ClN3O2/c9-4-3-12(8(13)14)5-1-2-11-7(10)6(4)5/h1-3H,(H2,10,11)(H,13,14). The average Bonchev–Trinajstić information content (AvgIpc) is 2.45. The number of hydrogen-bond acceptors (Lipinski definition) is 3. The van der Waals surface area contributed by atoms with Crippen molar-refractivity contribution in [3.8, 4) is 0 Å². The van der Waals surface area contributed by atoms with Gasteiger partial charge in [-0.2, -0.15) is 0 Å². The highest BCUT2D eigenvalue weighted by molar-refractivity contribution is 6.36. The van der Waals surface area contributed by atoms with Crippen molar-refractivity contribution in [1.29, 1.82) is 0 Å². The number of fused-ring (bicyclic) bond motifs is 1. The van der Waals surface area contributed by atoms with Crippen LogP contribution in [0.1, 0.15) is 0 Å². The Bertz CT molecular complexity index is 521. The van der Waals surface area contributed by atoms with Gasteiger partial charge in [-0.25, -0.2) is 9.78 Å². The lowest BCUT2D eigenvalue weighted by atomic mass is 10.3. The zero-order chi connectivity index (χ0) is 10.3. The molecule has 0 atom stereocenters. The van der Waals surface area contributed by atoms with E-state index in [4.69, 9.17) is 22.4 Å². The van der Waals surface area contributed by atoms with Crippen molar-refractivity contribution in [3.05, 3.63) is 23.5 Å². The van der Waals surface area contributed by atoms with E-state index in [9.17, 15) is 4.79 Å². The number of pyridine rings is 1. The molecule has 0 unspecified atom stereocenters. The smallest absolute Gasteiger partial charge is 0.416 e. The van der Waals surface area contributed by atoms with Gasteiger partial charge in [0.15, 0.2) is 0 Å². The van der Waals surface area contributed by atoms with E-state index in [2.05, 4.69) is 4.98 Å². The van der Waals surface area contributed by atoms with Gasteiger partial charge in [-0.1, -0.05) is 11.6 Å². The molecule has 0 aromatic carbocycles. The maximum atomic E-state index is 10.8. The first-order valence-electron chi connectivity index (χ1n) is 3.75. The van der Waals surface area contributed by atoms with Gasteiger partial charge in [0.1, 0.15) is 5.82 Å². The fraction of sp³-hybridized carbons (Fsp3) is 0. The van der Waals surface area contributed by atoms with Gasteiger partial charge in [0.05, 0.1) is 15.9 Å². The molecule has 0 aliphatic rings. The van der Waals surface area contributed by atoms with E-state index >= 15 is 0 Å². The molecule has 0 aliphatic carbocycles. The summed E-state index contributed by atoms with van der Waals surface area (Å²) >= 11 is 5.82. The lowest BCUT2D eigenvalue weighted by Crippen LogP contribution is -2.05. The molecular formula is C8H6ClN3O2. The first kappa shape index (κ1) is 8.83. The quantitative estimate of drug-likeness (QED) is 0.696. The summed E-state index contributed by atoms with van der Waals surface area (Å²) in [6.45, 7) is 0. The molecule has 5 nitrogen and oxygen atoms in total. The lowest BCUT2D eigenvalue weighted by molar-refractivity contribution is 0.197. The van der Waals surface area contributed by atoms with Gasteiger partial charge in [0.2, 0.25) is 0 Å². The monoisotopic (exact) mass is 211 g/mol. The Hall–Kier alpha value is -1.75. The highest BCUT2D eigenvalue weighted by Gasteiger charge is 2.13. The summed E-state index contributed by atoms with van der Waals surface area (Å²) in [6.07, 6.45) is 1.63. The topological polar surface area (TPSA) is 81.1 Å². The molecule has 0 saturated carbocycles. The van der Waals surface area contributed by atoms with Gasteiger partial charge < -0.3 is 10.8 Å². The SMILES string of the molecule is Nc1nccc2c1c(Cl)cn2C(=O)O. The van der Waals surface area contributed by atoms with Gasteiger partial charge in [-0.15, -0.1) is 0 Å². The third kappa shape index (κ3) is 1.10. The van der Waals surface area contributed by atoms with Crippen LogP contribution in [0.15, 0.2) is 18.5 Å². The lowest BCUT2D eigenvalue weighted by Gasteiger charge is -1.97. The molecule has 0 fully saturated rings. The van der Waals surface area contributed by atoms with E-state index in [1.165, 1.54) is 12.4 Å². The van der Waals surface area contributed by atoms with Crippen LogP contribution in [0.2, 0.25) is 5.02 Å². The third-order valence-corrected chi connectivity index (χ3v) is 2.19. The Morgan fingerprint density at radius 3 is 3.00 bits per heavy atom. The summed E-state index contributed by atoms with van der Waals surface area (Å²) in [5.74, 6) is 0.229. The highest BCUT2D eigenvalue weighted by atomic mass is 35.5. The molecule has 0 amide bonds. The third-order valence-electron chi connectivity index (χ3n) is 1.91.